The highest BCUT2D eigenvalue weighted by Crippen LogP contribution is 2.28. The topological polar surface area (TPSA) is 111 Å². The maximum Gasteiger partial charge on any atom is 0.671 e. The summed E-state index contributed by atoms with van der Waals surface area (Å²) in [6, 6.07) is 0. The second kappa shape index (κ2) is 12.6. The highest BCUT2D eigenvalue weighted by Gasteiger charge is 2.65. The number of hydrogen-bond acceptors (Lipinski definition) is 12. The molecule has 12 nitrogen and oxygen atoms in total. The minimum atomic E-state index is -4.13. The third kappa shape index (κ3) is 6.72. The third-order valence-electron chi connectivity index (χ3n) is 3.33. The molecule has 28 heavy (non-hydrogen) atoms. The van der Waals surface area contributed by atoms with Gasteiger partial charge in [-0.1, -0.05) is 6.58 Å². The van der Waals surface area contributed by atoms with Crippen LogP contribution in [0.25, 0.3) is 0 Å². The summed E-state index contributed by atoms with van der Waals surface area (Å²) >= 11 is 0. The maximum absolute atomic E-state index is 6.03. The molecule has 166 valence electrons. The molecule has 0 aromatic rings. The van der Waals surface area contributed by atoms with Gasteiger partial charge in [0.1, 0.15) is 0 Å². The van der Waals surface area contributed by atoms with Gasteiger partial charge in [0, 0.05) is 69.7 Å². The van der Waals surface area contributed by atoms with E-state index in [4.69, 9.17) is 52.2 Å². The Labute approximate surface area is 170 Å². The van der Waals surface area contributed by atoms with Crippen LogP contribution in [0.3, 0.4) is 0 Å². The molecule has 0 N–H and O–H groups in total. The van der Waals surface area contributed by atoms with Crippen LogP contribution in [0.5, 0.6) is 0 Å². The zero-order valence-electron chi connectivity index (χ0n) is 17.7. The lowest BCUT2D eigenvalue weighted by Gasteiger charge is -2.39. The molecule has 16 heteroatoms. The van der Waals surface area contributed by atoms with Crippen molar-refractivity contribution >= 4 is 35.9 Å². The first kappa shape index (κ1) is 27.9. The maximum atomic E-state index is 6.03. The van der Waals surface area contributed by atoms with Crippen molar-refractivity contribution < 1.29 is 52.2 Å². The fraction of sp³-hybridized carbons (Fsp3) is 0.750. The molecule has 0 unspecified atom stereocenters. The van der Waals surface area contributed by atoms with Crippen LogP contribution < -0.4 is 0 Å². The summed E-state index contributed by atoms with van der Waals surface area (Å²) in [7, 11) is -3.26. The molecular weight excluding hydrogens is 448 g/mol. The van der Waals surface area contributed by atoms with Crippen molar-refractivity contribution in [2.24, 2.45) is 0 Å². The summed E-state index contributed by atoms with van der Waals surface area (Å²) < 4.78 is 66.1. The van der Waals surface area contributed by atoms with Gasteiger partial charge in [-0.05, 0) is 0 Å². The van der Waals surface area contributed by atoms with E-state index in [1.807, 2.05) is 0 Å². The summed E-state index contributed by atoms with van der Waals surface area (Å²) in [5, 5.41) is 0. The highest BCUT2D eigenvalue weighted by atomic mass is 28.5. The van der Waals surface area contributed by atoms with E-state index in [1.54, 1.807) is 0 Å². The van der Waals surface area contributed by atoms with Crippen molar-refractivity contribution in [3.8, 4) is 0 Å². The first-order chi connectivity index (χ1) is 13.2. The molecule has 0 aliphatic heterocycles. The molecule has 0 rings (SSSR count). The monoisotopic (exact) mass is 478 g/mol. The molecule has 0 aromatic heterocycles. The fourth-order valence-electron chi connectivity index (χ4n) is 1.92. The van der Waals surface area contributed by atoms with Gasteiger partial charge in [-0.2, -0.15) is 0 Å². The van der Waals surface area contributed by atoms with Gasteiger partial charge in [0.05, 0.1) is 0 Å². The van der Waals surface area contributed by atoms with Crippen molar-refractivity contribution in [2.75, 3.05) is 64.0 Å². The SMILES string of the molecule is C=C=C[Si](O[Si](OC)(OC)OC)(O[Si](OC)(OC)OC)O[Si](OC)(OC)OC. The van der Waals surface area contributed by atoms with E-state index in [0.717, 1.165) is 0 Å². The highest BCUT2D eigenvalue weighted by molar-refractivity contribution is 6.85. The second-order valence-electron chi connectivity index (χ2n) is 4.60. The summed E-state index contributed by atoms with van der Waals surface area (Å²) in [6.07, 6.45) is 0. The van der Waals surface area contributed by atoms with Crippen molar-refractivity contribution in [2.45, 2.75) is 0 Å². The van der Waals surface area contributed by atoms with Crippen LogP contribution >= 0.6 is 0 Å². The van der Waals surface area contributed by atoms with Crippen molar-refractivity contribution in [1.82, 2.24) is 0 Å². The van der Waals surface area contributed by atoms with Gasteiger partial charge in [-0.3, -0.25) is 0 Å². The van der Waals surface area contributed by atoms with Crippen LogP contribution in [-0.4, -0.2) is 99.9 Å². The van der Waals surface area contributed by atoms with E-state index in [1.165, 1.54) is 69.7 Å². The van der Waals surface area contributed by atoms with Crippen molar-refractivity contribution in [3.63, 3.8) is 0 Å². The van der Waals surface area contributed by atoms with Gasteiger partial charge in [-0.25, -0.2) is 0 Å². The second-order valence-corrected chi connectivity index (χ2v) is 15.2. The first-order valence-electron chi connectivity index (χ1n) is 7.67. The molecule has 0 aliphatic rings. The lowest BCUT2D eigenvalue weighted by Crippen LogP contribution is -2.68. The summed E-state index contributed by atoms with van der Waals surface area (Å²) in [5.74, 6) is 0. The van der Waals surface area contributed by atoms with Crippen LogP contribution in [-0.2, 0) is 52.2 Å². The lowest BCUT2D eigenvalue weighted by molar-refractivity contribution is -0.0212. The molecule has 0 bridgehead atoms. The van der Waals surface area contributed by atoms with Gasteiger partial charge < -0.3 is 52.2 Å². The Balaban J connectivity index is 6.52. The predicted molar refractivity (Wildman–Crippen MR) is 103 cm³/mol. The Kier molecular flexibility index (Phi) is 12.5. The predicted octanol–water partition coefficient (Wildman–Crippen LogP) is -0.0202. The Morgan fingerprint density at radius 1 is 0.500 bits per heavy atom. The minimum Gasteiger partial charge on any atom is -0.355 e. The molecule has 0 heterocycles. The molecular formula is C12H30O12Si4. The smallest absolute Gasteiger partial charge is 0.355 e. The molecule has 0 atom stereocenters. The zero-order chi connectivity index (χ0) is 21.9. The average Bonchev–Trinajstić information content (AvgIpc) is 2.75. The number of rotatable bonds is 16. The van der Waals surface area contributed by atoms with E-state index in [-0.39, 0.29) is 0 Å². The van der Waals surface area contributed by atoms with Gasteiger partial charge in [-0.15, -0.1) is 5.73 Å². The van der Waals surface area contributed by atoms with Crippen LogP contribution in [0.4, 0.5) is 0 Å². The van der Waals surface area contributed by atoms with E-state index in [9.17, 15) is 0 Å². The standard InChI is InChI=1S/C12H30O12Si4/c1-11-12-25(22-26(13-2,14-3)15-4,23-27(16-5,17-6)18-7)24-28(19-8,20-9)21-10/h12H,1H2,2-10H3. The Morgan fingerprint density at radius 3 is 0.857 bits per heavy atom. The van der Waals surface area contributed by atoms with E-state index < -0.39 is 35.9 Å². The molecule has 0 aliphatic carbocycles. The third-order valence-corrected chi connectivity index (χ3v) is 14.8. The molecule has 0 amide bonds. The van der Waals surface area contributed by atoms with Gasteiger partial charge in [0.15, 0.2) is 0 Å². The molecule has 0 saturated carbocycles. The lowest BCUT2D eigenvalue weighted by atomic mass is 11.0. The zero-order valence-corrected chi connectivity index (χ0v) is 21.7. The molecule has 0 aromatic carbocycles. The van der Waals surface area contributed by atoms with Crippen LogP contribution in [0.1, 0.15) is 0 Å². The minimum absolute atomic E-state index is 1.30. The van der Waals surface area contributed by atoms with Crippen LogP contribution in [0.15, 0.2) is 18.0 Å². The fourth-order valence-corrected chi connectivity index (χ4v) is 13.2. The number of hydrogen-bond donors (Lipinski definition) is 0. The van der Waals surface area contributed by atoms with Crippen molar-refractivity contribution in [1.29, 1.82) is 0 Å². The molecule has 0 spiro atoms. The summed E-state index contributed by atoms with van der Waals surface area (Å²) in [6.45, 7) is 3.56. The van der Waals surface area contributed by atoms with E-state index >= 15 is 0 Å². The summed E-state index contributed by atoms with van der Waals surface area (Å²) in [5.41, 5.74) is 3.87. The molecule has 0 fully saturated rings. The Bertz CT molecular complexity index is 411. The molecule has 0 radical (unpaired) electrons. The van der Waals surface area contributed by atoms with E-state index in [2.05, 4.69) is 12.3 Å². The van der Waals surface area contributed by atoms with Crippen LogP contribution in [0.2, 0.25) is 0 Å². The molecule has 0 saturated heterocycles. The average molecular weight is 479 g/mol. The first-order valence-corrected chi connectivity index (χ1v) is 14.4. The summed E-state index contributed by atoms with van der Waals surface area (Å²) in [4.78, 5) is 0. The Hall–Kier alpha value is -0.0925. The van der Waals surface area contributed by atoms with E-state index in [0.29, 0.717) is 0 Å². The van der Waals surface area contributed by atoms with Crippen molar-refractivity contribution in [3.05, 3.63) is 18.0 Å². The van der Waals surface area contributed by atoms with Gasteiger partial charge >= 0.3 is 35.9 Å². The quantitative estimate of drug-likeness (QED) is 0.219. The largest absolute Gasteiger partial charge is 0.671 e. The van der Waals surface area contributed by atoms with Crippen LogP contribution in [0, 0.1) is 0 Å². The normalized spacial score (nSPS) is 13.5. The van der Waals surface area contributed by atoms with Gasteiger partial charge in [0.25, 0.3) is 0 Å². The Morgan fingerprint density at radius 2 is 0.714 bits per heavy atom. The van der Waals surface area contributed by atoms with Gasteiger partial charge in [0.2, 0.25) is 0 Å².